The van der Waals surface area contributed by atoms with Crippen molar-refractivity contribution >= 4 is 22.4 Å². The molecule has 0 aromatic heterocycles. The van der Waals surface area contributed by atoms with Crippen LogP contribution in [0.1, 0.15) is 22.8 Å². The molecule has 4 nitrogen and oxygen atoms in total. The molecule has 1 aromatic rings. The lowest BCUT2D eigenvalue weighted by molar-refractivity contribution is -0.137. The third-order valence-electron chi connectivity index (χ3n) is 2.72. The summed E-state index contributed by atoms with van der Waals surface area (Å²) in [7, 11) is 0.413. The van der Waals surface area contributed by atoms with Crippen molar-refractivity contribution in [2.45, 2.75) is 19.1 Å². The number of hydrogen-bond acceptors (Lipinski definition) is 3. The summed E-state index contributed by atoms with van der Waals surface area (Å²) < 4.78 is 49.2. The fourth-order valence-corrected chi connectivity index (χ4v) is 2.61. The molecule has 0 aliphatic rings. The van der Waals surface area contributed by atoms with E-state index in [9.17, 15) is 22.2 Å². The molecule has 2 N–H and O–H groups in total. The predicted molar refractivity (Wildman–Crippen MR) is 76.9 cm³/mol. The Morgan fingerprint density at radius 1 is 1.38 bits per heavy atom. The van der Waals surface area contributed by atoms with Crippen LogP contribution in [-0.4, -0.2) is 35.2 Å². The highest BCUT2D eigenvalue weighted by atomic mass is 32.2. The van der Waals surface area contributed by atoms with Crippen molar-refractivity contribution in [1.29, 1.82) is 0 Å². The summed E-state index contributed by atoms with van der Waals surface area (Å²) in [6.07, 6.45) is -3.02. The zero-order chi connectivity index (χ0) is 16.2. The van der Waals surface area contributed by atoms with Crippen LogP contribution in [0.4, 0.5) is 18.9 Å². The van der Waals surface area contributed by atoms with E-state index >= 15 is 0 Å². The highest BCUT2D eigenvalue weighted by molar-refractivity contribution is 7.84. The van der Waals surface area contributed by atoms with Crippen LogP contribution in [-0.2, 0) is 17.0 Å². The number of carbonyl (C=O) groups excluding carboxylic acids is 1. The average Bonchev–Trinajstić information content (AvgIpc) is 2.35. The second kappa shape index (κ2) is 6.93. The number of amides is 1. The monoisotopic (exact) mass is 322 g/mol. The minimum absolute atomic E-state index is 0.0962. The molecule has 8 heteroatoms. The lowest BCUT2D eigenvalue weighted by atomic mass is 10.1. The van der Waals surface area contributed by atoms with E-state index in [-0.39, 0.29) is 11.3 Å². The summed E-state index contributed by atoms with van der Waals surface area (Å²) in [5.41, 5.74) is -0.690. The first-order chi connectivity index (χ1) is 9.65. The molecule has 1 rings (SSSR count). The molecule has 0 aliphatic heterocycles. The standard InChI is InChI=1S/C13H17F3N2O2S/c1-8(7-21(3)20)18-12(19)10-6-9(13(14,15)16)4-5-11(10)17-2/h4-6,8,17H,7H2,1-3H3,(H,18,19). The summed E-state index contributed by atoms with van der Waals surface area (Å²) in [5, 5.41) is 5.22. The fourth-order valence-electron chi connectivity index (χ4n) is 1.82. The van der Waals surface area contributed by atoms with Crippen molar-refractivity contribution in [2.24, 2.45) is 0 Å². The number of halogens is 3. The van der Waals surface area contributed by atoms with Gasteiger partial charge in [-0.15, -0.1) is 0 Å². The Balaban J connectivity index is 3.04. The van der Waals surface area contributed by atoms with Gasteiger partial charge in [0.15, 0.2) is 0 Å². The molecule has 2 unspecified atom stereocenters. The molecule has 0 aliphatic carbocycles. The largest absolute Gasteiger partial charge is 0.416 e. The van der Waals surface area contributed by atoms with Gasteiger partial charge < -0.3 is 10.6 Å². The van der Waals surface area contributed by atoms with Gasteiger partial charge in [-0.1, -0.05) is 0 Å². The van der Waals surface area contributed by atoms with Crippen LogP contribution in [0.5, 0.6) is 0 Å². The van der Waals surface area contributed by atoms with Crippen molar-refractivity contribution < 1.29 is 22.2 Å². The van der Waals surface area contributed by atoms with Crippen LogP contribution in [0, 0.1) is 0 Å². The van der Waals surface area contributed by atoms with E-state index in [2.05, 4.69) is 10.6 Å². The molecule has 21 heavy (non-hydrogen) atoms. The SMILES string of the molecule is CNc1ccc(C(F)(F)F)cc1C(=O)NC(C)CS(C)=O. The fraction of sp³-hybridized carbons (Fsp3) is 0.462. The van der Waals surface area contributed by atoms with Crippen LogP contribution < -0.4 is 10.6 Å². The minimum Gasteiger partial charge on any atom is -0.387 e. The first-order valence-electron chi connectivity index (χ1n) is 6.15. The van der Waals surface area contributed by atoms with Crippen LogP contribution in [0.25, 0.3) is 0 Å². The van der Waals surface area contributed by atoms with Crippen molar-refractivity contribution in [3.63, 3.8) is 0 Å². The summed E-state index contributed by atoms with van der Waals surface area (Å²) in [4.78, 5) is 12.1. The van der Waals surface area contributed by atoms with E-state index in [1.807, 2.05) is 0 Å². The summed E-state index contributed by atoms with van der Waals surface area (Å²) in [6.45, 7) is 1.64. The van der Waals surface area contributed by atoms with Crippen LogP contribution >= 0.6 is 0 Å². The van der Waals surface area contributed by atoms with Crippen LogP contribution in [0.2, 0.25) is 0 Å². The molecule has 0 spiro atoms. The summed E-state index contributed by atoms with van der Waals surface area (Å²) in [6, 6.07) is 2.52. The Labute approximate surface area is 123 Å². The van der Waals surface area contributed by atoms with E-state index in [4.69, 9.17) is 0 Å². The predicted octanol–water partition coefficient (Wildman–Crippen LogP) is 2.24. The van der Waals surface area contributed by atoms with Gasteiger partial charge in [0.2, 0.25) is 0 Å². The minimum atomic E-state index is -4.52. The van der Waals surface area contributed by atoms with Gasteiger partial charge in [0.25, 0.3) is 5.91 Å². The second-order valence-electron chi connectivity index (χ2n) is 4.62. The topological polar surface area (TPSA) is 58.2 Å². The molecule has 1 aromatic carbocycles. The number of nitrogens with one attached hydrogen (secondary N) is 2. The van der Waals surface area contributed by atoms with Crippen LogP contribution in [0.3, 0.4) is 0 Å². The zero-order valence-corrected chi connectivity index (χ0v) is 12.7. The molecule has 0 radical (unpaired) electrons. The van der Waals surface area contributed by atoms with Crippen molar-refractivity contribution in [3.05, 3.63) is 29.3 Å². The highest BCUT2D eigenvalue weighted by Crippen LogP contribution is 2.31. The molecule has 0 saturated carbocycles. The molecule has 118 valence electrons. The van der Waals surface area contributed by atoms with Gasteiger partial charge in [-0.3, -0.25) is 9.00 Å². The Morgan fingerprint density at radius 2 is 2.00 bits per heavy atom. The van der Waals surface area contributed by atoms with Crippen LogP contribution in [0.15, 0.2) is 18.2 Å². The van der Waals surface area contributed by atoms with Gasteiger partial charge in [-0.05, 0) is 25.1 Å². The average molecular weight is 322 g/mol. The zero-order valence-electron chi connectivity index (χ0n) is 11.9. The molecule has 0 saturated heterocycles. The first-order valence-corrected chi connectivity index (χ1v) is 7.87. The van der Waals surface area contributed by atoms with Crippen molar-refractivity contribution in [3.8, 4) is 0 Å². The molecule has 1 amide bonds. The summed E-state index contributed by atoms with van der Waals surface area (Å²) >= 11 is 0. The van der Waals surface area contributed by atoms with Crippen molar-refractivity contribution in [1.82, 2.24) is 5.32 Å². The first kappa shape index (κ1) is 17.5. The third-order valence-corrected chi connectivity index (χ3v) is 3.69. The maximum Gasteiger partial charge on any atom is 0.416 e. The number of rotatable bonds is 5. The smallest absolute Gasteiger partial charge is 0.387 e. The van der Waals surface area contributed by atoms with Gasteiger partial charge in [0.1, 0.15) is 0 Å². The Kier molecular flexibility index (Phi) is 5.77. The van der Waals surface area contributed by atoms with Gasteiger partial charge in [0, 0.05) is 41.6 Å². The number of anilines is 1. The summed E-state index contributed by atoms with van der Waals surface area (Å²) in [5.74, 6) is -0.400. The Hall–Kier alpha value is -1.57. The maximum absolute atomic E-state index is 12.7. The van der Waals surface area contributed by atoms with Gasteiger partial charge in [0.05, 0.1) is 11.1 Å². The van der Waals surface area contributed by atoms with Gasteiger partial charge in [-0.25, -0.2) is 0 Å². The maximum atomic E-state index is 12.7. The van der Waals surface area contributed by atoms with Gasteiger partial charge in [-0.2, -0.15) is 13.2 Å². The van der Waals surface area contributed by atoms with E-state index < -0.39 is 34.5 Å². The number of alkyl halides is 3. The number of benzene rings is 1. The molecular weight excluding hydrogens is 305 g/mol. The van der Waals surface area contributed by atoms with E-state index in [0.717, 1.165) is 12.1 Å². The number of carbonyl (C=O) groups is 1. The molecular formula is C13H17F3N2O2S. The third kappa shape index (κ3) is 5.04. The normalized spacial score (nSPS) is 14.4. The highest BCUT2D eigenvalue weighted by Gasteiger charge is 2.31. The van der Waals surface area contributed by atoms with E-state index in [1.165, 1.54) is 19.4 Å². The Morgan fingerprint density at radius 3 is 2.48 bits per heavy atom. The second-order valence-corrected chi connectivity index (χ2v) is 6.10. The van der Waals surface area contributed by atoms with E-state index in [0.29, 0.717) is 5.69 Å². The Bertz CT molecular complexity index is 547. The molecule has 0 fully saturated rings. The molecule has 0 heterocycles. The molecule has 2 atom stereocenters. The van der Waals surface area contributed by atoms with E-state index in [1.54, 1.807) is 6.92 Å². The lowest BCUT2D eigenvalue weighted by Crippen LogP contribution is -2.36. The molecule has 0 bridgehead atoms. The van der Waals surface area contributed by atoms with Crippen molar-refractivity contribution in [2.75, 3.05) is 24.4 Å². The lowest BCUT2D eigenvalue weighted by Gasteiger charge is -2.16. The quantitative estimate of drug-likeness (QED) is 0.874. The van der Waals surface area contributed by atoms with Gasteiger partial charge >= 0.3 is 6.18 Å². The number of hydrogen-bond donors (Lipinski definition) is 2.